The number of thiophene rings is 1. The van der Waals surface area contributed by atoms with Crippen molar-refractivity contribution in [2.45, 2.75) is 13.5 Å². The Bertz CT molecular complexity index is 451. The van der Waals surface area contributed by atoms with E-state index in [1.54, 1.807) is 17.4 Å². The fraction of sp³-hybridized carbons (Fsp3) is 0.231. The van der Waals surface area contributed by atoms with Gasteiger partial charge in [0.15, 0.2) is 0 Å². The van der Waals surface area contributed by atoms with Crippen molar-refractivity contribution in [2.75, 3.05) is 6.54 Å². The van der Waals surface area contributed by atoms with E-state index in [0.29, 0.717) is 6.54 Å². The molecular formula is C13H14FNS. The highest BCUT2D eigenvalue weighted by Gasteiger charge is 2.06. The fourth-order valence-electron chi connectivity index (χ4n) is 1.64. The third-order valence-corrected chi connectivity index (χ3v) is 3.32. The molecule has 16 heavy (non-hydrogen) atoms. The van der Waals surface area contributed by atoms with Crippen molar-refractivity contribution in [1.29, 1.82) is 0 Å². The predicted octanol–water partition coefficient (Wildman–Crippen LogP) is 3.66. The lowest BCUT2D eigenvalue weighted by Crippen LogP contribution is -2.12. The van der Waals surface area contributed by atoms with Crippen LogP contribution in [-0.2, 0) is 6.54 Å². The zero-order chi connectivity index (χ0) is 11.4. The summed E-state index contributed by atoms with van der Waals surface area (Å²) >= 11 is 1.68. The molecule has 2 rings (SSSR count). The zero-order valence-electron chi connectivity index (χ0n) is 9.16. The van der Waals surface area contributed by atoms with E-state index in [0.717, 1.165) is 17.7 Å². The van der Waals surface area contributed by atoms with Crippen molar-refractivity contribution in [3.8, 4) is 10.4 Å². The molecule has 1 aromatic heterocycles. The lowest BCUT2D eigenvalue weighted by Gasteiger charge is -2.08. The van der Waals surface area contributed by atoms with Crippen LogP contribution in [0, 0.1) is 5.82 Å². The fourth-order valence-corrected chi connectivity index (χ4v) is 2.43. The average Bonchev–Trinajstić information content (AvgIpc) is 2.80. The van der Waals surface area contributed by atoms with Gasteiger partial charge < -0.3 is 5.32 Å². The van der Waals surface area contributed by atoms with E-state index in [2.05, 4.69) is 11.4 Å². The highest BCUT2D eigenvalue weighted by Crippen LogP contribution is 2.28. The van der Waals surface area contributed by atoms with Crippen molar-refractivity contribution in [1.82, 2.24) is 5.32 Å². The third-order valence-electron chi connectivity index (χ3n) is 2.42. The van der Waals surface area contributed by atoms with Gasteiger partial charge in [-0.1, -0.05) is 19.1 Å². The molecule has 84 valence electrons. The molecule has 0 amide bonds. The van der Waals surface area contributed by atoms with Gasteiger partial charge in [0.25, 0.3) is 0 Å². The first-order valence-electron chi connectivity index (χ1n) is 5.34. The molecule has 0 aliphatic carbocycles. The van der Waals surface area contributed by atoms with Crippen LogP contribution in [0.2, 0.25) is 0 Å². The summed E-state index contributed by atoms with van der Waals surface area (Å²) in [5.74, 6) is -0.173. The van der Waals surface area contributed by atoms with Crippen LogP contribution in [0.3, 0.4) is 0 Å². The summed E-state index contributed by atoms with van der Waals surface area (Å²) < 4.78 is 13.2. The summed E-state index contributed by atoms with van der Waals surface area (Å²) in [6.45, 7) is 3.64. The molecule has 0 aliphatic heterocycles. The van der Waals surface area contributed by atoms with E-state index in [1.165, 1.54) is 10.9 Å². The topological polar surface area (TPSA) is 12.0 Å². The van der Waals surface area contributed by atoms with Gasteiger partial charge in [0.2, 0.25) is 0 Å². The van der Waals surface area contributed by atoms with E-state index in [9.17, 15) is 4.39 Å². The van der Waals surface area contributed by atoms with Gasteiger partial charge in [0, 0.05) is 11.4 Å². The molecule has 0 aliphatic rings. The molecule has 1 nitrogen and oxygen atoms in total. The van der Waals surface area contributed by atoms with Gasteiger partial charge in [-0.2, -0.15) is 0 Å². The highest BCUT2D eigenvalue weighted by molar-refractivity contribution is 7.13. The Labute approximate surface area is 98.9 Å². The molecule has 3 heteroatoms. The second kappa shape index (κ2) is 5.23. The first kappa shape index (κ1) is 11.3. The SMILES string of the molecule is CCNCc1cc(F)ccc1-c1cccs1. The first-order valence-corrected chi connectivity index (χ1v) is 6.22. The van der Waals surface area contributed by atoms with E-state index >= 15 is 0 Å². The largest absolute Gasteiger partial charge is 0.313 e. The highest BCUT2D eigenvalue weighted by atomic mass is 32.1. The Morgan fingerprint density at radius 1 is 1.31 bits per heavy atom. The number of hydrogen-bond donors (Lipinski definition) is 1. The number of rotatable bonds is 4. The zero-order valence-corrected chi connectivity index (χ0v) is 9.98. The van der Waals surface area contributed by atoms with Gasteiger partial charge >= 0.3 is 0 Å². The van der Waals surface area contributed by atoms with Crippen LogP contribution in [0.15, 0.2) is 35.7 Å². The molecule has 0 spiro atoms. The van der Waals surface area contributed by atoms with Crippen LogP contribution < -0.4 is 5.32 Å². The van der Waals surface area contributed by atoms with Crippen LogP contribution in [0.25, 0.3) is 10.4 Å². The molecule has 0 unspecified atom stereocenters. The molecule has 0 radical (unpaired) electrons. The lowest BCUT2D eigenvalue weighted by atomic mass is 10.1. The van der Waals surface area contributed by atoms with Gasteiger partial charge in [-0.05, 0) is 41.3 Å². The quantitative estimate of drug-likeness (QED) is 0.852. The molecule has 0 fully saturated rings. The van der Waals surface area contributed by atoms with Gasteiger partial charge in [-0.25, -0.2) is 4.39 Å². The lowest BCUT2D eigenvalue weighted by molar-refractivity contribution is 0.622. The average molecular weight is 235 g/mol. The Balaban J connectivity index is 2.36. The maximum Gasteiger partial charge on any atom is 0.123 e. The van der Waals surface area contributed by atoms with E-state index in [-0.39, 0.29) is 5.82 Å². The van der Waals surface area contributed by atoms with E-state index < -0.39 is 0 Å². The summed E-state index contributed by atoms with van der Waals surface area (Å²) in [6, 6.07) is 9.06. The van der Waals surface area contributed by atoms with Crippen molar-refractivity contribution < 1.29 is 4.39 Å². The minimum absolute atomic E-state index is 0.173. The molecular weight excluding hydrogens is 221 g/mol. The van der Waals surface area contributed by atoms with Gasteiger partial charge in [0.05, 0.1) is 0 Å². The van der Waals surface area contributed by atoms with Crippen LogP contribution in [-0.4, -0.2) is 6.54 Å². The van der Waals surface area contributed by atoms with Crippen molar-refractivity contribution in [3.63, 3.8) is 0 Å². The standard InChI is InChI=1S/C13H14FNS/c1-2-15-9-10-8-11(14)5-6-12(10)13-4-3-7-16-13/h3-8,15H,2,9H2,1H3. The minimum Gasteiger partial charge on any atom is -0.313 e. The van der Waals surface area contributed by atoms with Gasteiger partial charge in [-0.3, -0.25) is 0 Å². The molecule has 1 N–H and O–H groups in total. The summed E-state index contributed by atoms with van der Waals surface area (Å²) in [4.78, 5) is 1.19. The van der Waals surface area contributed by atoms with E-state index in [1.807, 2.05) is 24.4 Å². The normalized spacial score (nSPS) is 10.6. The summed E-state index contributed by atoms with van der Waals surface area (Å²) in [7, 11) is 0. The van der Waals surface area contributed by atoms with E-state index in [4.69, 9.17) is 0 Å². The Morgan fingerprint density at radius 2 is 2.19 bits per heavy atom. The van der Waals surface area contributed by atoms with Crippen LogP contribution in [0.5, 0.6) is 0 Å². The molecule has 0 bridgehead atoms. The minimum atomic E-state index is -0.173. The molecule has 0 atom stereocenters. The maximum atomic E-state index is 13.2. The summed E-state index contributed by atoms with van der Waals surface area (Å²) in [5, 5.41) is 5.27. The van der Waals surface area contributed by atoms with Gasteiger partial charge in [0.1, 0.15) is 5.82 Å². The molecule has 1 aromatic carbocycles. The van der Waals surface area contributed by atoms with Gasteiger partial charge in [-0.15, -0.1) is 11.3 Å². The second-order valence-electron chi connectivity index (χ2n) is 3.56. The maximum absolute atomic E-state index is 13.2. The number of nitrogens with one attached hydrogen (secondary N) is 1. The Morgan fingerprint density at radius 3 is 2.88 bits per heavy atom. The number of halogens is 1. The van der Waals surface area contributed by atoms with Crippen molar-refractivity contribution >= 4 is 11.3 Å². The van der Waals surface area contributed by atoms with Crippen molar-refractivity contribution in [3.05, 3.63) is 47.1 Å². The molecule has 1 heterocycles. The molecule has 0 saturated carbocycles. The smallest absolute Gasteiger partial charge is 0.123 e. The van der Waals surface area contributed by atoms with Crippen molar-refractivity contribution in [2.24, 2.45) is 0 Å². The van der Waals surface area contributed by atoms with Crippen LogP contribution in [0.1, 0.15) is 12.5 Å². The third kappa shape index (κ3) is 2.49. The second-order valence-corrected chi connectivity index (χ2v) is 4.51. The molecule has 2 aromatic rings. The predicted molar refractivity (Wildman–Crippen MR) is 67.1 cm³/mol. The summed E-state index contributed by atoms with van der Waals surface area (Å²) in [5.41, 5.74) is 2.14. The number of hydrogen-bond acceptors (Lipinski definition) is 2. The Kier molecular flexibility index (Phi) is 3.70. The summed E-state index contributed by atoms with van der Waals surface area (Å²) in [6.07, 6.45) is 0. The van der Waals surface area contributed by atoms with Crippen LogP contribution >= 0.6 is 11.3 Å². The monoisotopic (exact) mass is 235 g/mol. The molecule has 0 saturated heterocycles. The first-order chi connectivity index (χ1) is 7.81. The Hall–Kier alpha value is -1.19. The number of benzene rings is 1. The van der Waals surface area contributed by atoms with Crippen LogP contribution in [0.4, 0.5) is 4.39 Å².